The molecule has 3 heterocycles. The number of piperidine rings is 1. The van der Waals surface area contributed by atoms with E-state index >= 15 is 0 Å². The molecular weight excluding hydrogens is 359 g/mol. The largest absolute Gasteiger partial charge is 0.477 e. The highest BCUT2D eigenvalue weighted by Crippen LogP contribution is 2.24. The van der Waals surface area contributed by atoms with Crippen molar-refractivity contribution in [1.82, 2.24) is 19.6 Å². The molecular formula is C18H18F3N5O. The predicted molar refractivity (Wildman–Crippen MR) is 92.7 cm³/mol. The molecule has 142 valence electrons. The fourth-order valence-electron chi connectivity index (χ4n) is 3.13. The summed E-state index contributed by atoms with van der Waals surface area (Å²) in [6, 6.07) is 3.77. The maximum absolute atomic E-state index is 13.4. The minimum Gasteiger partial charge on any atom is -0.477 e. The van der Waals surface area contributed by atoms with Gasteiger partial charge in [-0.15, -0.1) is 10.2 Å². The van der Waals surface area contributed by atoms with Gasteiger partial charge in [-0.1, -0.05) is 6.07 Å². The standard InChI is InChI=1S/C18H18F3N5O/c19-13-3-6-25(7-4-13)18-24-23-16-10-22-11-17(26(16)18)27-8-5-12-1-2-14(20)15(21)9-12/h1-2,9-11,13H,3-8H2. The lowest BCUT2D eigenvalue weighted by atomic mass is 10.1. The van der Waals surface area contributed by atoms with Gasteiger partial charge >= 0.3 is 0 Å². The van der Waals surface area contributed by atoms with Crippen LogP contribution in [0.5, 0.6) is 5.88 Å². The molecule has 1 aromatic carbocycles. The van der Waals surface area contributed by atoms with E-state index in [-0.39, 0.29) is 6.61 Å². The Labute approximate surface area is 153 Å². The van der Waals surface area contributed by atoms with E-state index in [2.05, 4.69) is 15.2 Å². The van der Waals surface area contributed by atoms with Crippen molar-refractivity contribution in [2.45, 2.75) is 25.4 Å². The number of anilines is 1. The molecule has 3 aromatic rings. The van der Waals surface area contributed by atoms with Crippen LogP contribution in [0.1, 0.15) is 18.4 Å². The molecule has 1 aliphatic rings. The molecule has 6 nitrogen and oxygen atoms in total. The minimum absolute atomic E-state index is 0.246. The van der Waals surface area contributed by atoms with Crippen LogP contribution in [0, 0.1) is 11.6 Å². The van der Waals surface area contributed by atoms with Gasteiger partial charge in [0.05, 0.1) is 19.0 Å². The van der Waals surface area contributed by atoms with Crippen molar-refractivity contribution >= 4 is 11.6 Å². The molecule has 0 atom stereocenters. The molecule has 0 saturated carbocycles. The van der Waals surface area contributed by atoms with Crippen LogP contribution in [0.15, 0.2) is 30.6 Å². The molecule has 0 aliphatic carbocycles. The third-order valence-corrected chi connectivity index (χ3v) is 4.60. The molecule has 4 rings (SSSR count). The molecule has 1 aliphatic heterocycles. The van der Waals surface area contributed by atoms with Gasteiger partial charge in [0.15, 0.2) is 17.3 Å². The van der Waals surface area contributed by atoms with Crippen LogP contribution in [0.3, 0.4) is 0 Å². The molecule has 2 aromatic heterocycles. The Kier molecular flexibility index (Phi) is 4.83. The summed E-state index contributed by atoms with van der Waals surface area (Å²) in [5.74, 6) is -0.729. The van der Waals surface area contributed by atoms with Crippen molar-refractivity contribution in [3.8, 4) is 5.88 Å². The summed E-state index contributed by atoms with van der Waals surface area (Å²) in [4.78, 5) is 6.07. The summed E-state index contributed by atoms with van der Waals surface area (Å²) < 4.78 is 47.3. The van der Waals surface area contributed by atoms with Gasteiger partial charge in [-0.25, -0.2) is 17.6 Å². The first-order valence-corrected chi connectivity index (χ1v) is 8.76. The van der Waals surface area contributed by atoms with Crippen molar-refractivity contribution < 1.29 is 17.9 Å². The van der Waals surface area contributed by atoms with Crippen LogP contribution in [-0.4, -0.2) is 45.5 Å². The fourth-order valence-corrected chi connectivity index (χ4v) is 3.13. The Morgan fingerprint density at radius 2 is 1.89 bits per heavy atom. The third-order valence-electron chi connectivity index (χ3n) is 4.60. The van der Waals surface area contributed by atoms with Crippen LogP contribution >= 0.6 is 0 Å². The Bertz CT molecular complexity index is 940. The quantitative estimate of drug-likeness (QED) is 0.684. The highest BCUT2D eigenvalue weighted by molar-refractivity contribution is 5.48. The number of alkyl halides is 1. The number of hydrogen-bond donors (Lipinski definition) is 0. The average molecular weight is 377 g/mol. The molecule has 0 radical (unpaired) electrons. The number of hydrogen-bond acceptors (Lipinski definition) is 5. The highest BCUT2D eigenvalue weighted by atomic mass is 19.2. The topological polar surface area (TPSA) is 55.6 Å². The first-order chi connectivity index (χ1) is 13.1. The van der Waals surface area contributed by atoms with Crippen LogP contribution in [-0.2, 0) is 6.42 Å². The van der Waals surface area contributed by atoms with Gasteiger partial charge in [0.2, 0.25) is 11.8 Å². The number of halogens is 3. The zero-order chi connectivity index (χ0) is 18.8. The van der Waals surface area contributed by atoms with Crippen LogP contribution < -0.4 is 9.64 Å². The summed E-state index contributed by atoms with van der Waals surface area (Å²) in [6.45, 7) is 1.35. The van der Waals surface area contributed by atoms with Gasteiger partial charge < -0.3 is 9.64 Å². The Hall–Kier alpha value is -2.84. The fraction of sp³-hybridized carbons (Fsp3) is 0.389. The summed E-state index contributed by atoms with van der Waals surface area (Å²) in [5, 5.41) is 8.30. The molecule has 27 heavy (non-hydrogen) atoms. The molecule has 1 saturated heterocycles. The van der Waals surface area contributed by atoms with E-state index in [4.69, 9.17) is 4.74 Å². The normalized spacial score (nSPS) is 15.4. The van der Waals surface area contributed by atoms with E-state index in [0.717, 1.165) is 12.1 Å². The van der Waals surface area contributed by atoms with E-state index in [9.17, 15) is 13.2 Å². The Morgan fingerprint density at radius 3 is 2.67 bits per heavy atom. The van der Waals surface area contributed by atoms with Crippen molar-refractivity contribution in [2.24, 2.45) is 0 Å². The Morgan fingerprint density at radius 1 is 1.07 bits per heavy atom. The summed E-state index contributed by atoms with van der Waals surface area (Å²) in [6.07, 6.45) is 3.64. The number of aromatic nitrogens is 4. The van der Waals surface area contributed by atoms with E-state index in [1.807, 2.05) is 4.90 Å². The van der Waals surface area contributed by atoms with Gasteiger partial charge in [0.1, 0.15) is 6.17 Å². The van der Waals surface area contributed by atoms with Gasteiger partial charge in [-0.05, 0) is 30.5 Å². The van der Waals surface area contributed by atoms with Gasteiger partial charge in [0.25, 0.3) is 0 Å². The highest BCUT2D eigenvalue weighted by Gasteiger charge is 2.23. The van der Waals surface area contributed by atoms with Crippen molar-refractivity contribution in [3.63, 3.8) is 0 Å². The first-order valence-electron chi connectivity index (χ1n) is 8.76. The van der Waals surface area contributed by atoms with Crippen LogP contribution in [0.2, 0.25) is 0 Å². The number of ether oxygens (including phenoxy) is 1. The van der Waals surface area contributed by atoms with Crippen molar-refractivity contribution in [1.29, 1.82) is 0 Å². The minimum atomic E-state index is -0.881. The maximum atomic E-state index is 13.4. The SMILES string of the molecule is Fc1ccc(CCOc2cncc3nnc(N4CCC(F)CC4)n23)cc1F. The van der Waals surface area contributed by atoms with Gasteiger partial charge in [-0.3, -0.25) is 4.98 Å². The average Bonchev–Trinajstić information content (AvgIpc) is 3.10. The monoisotopic (exact) mass is 377 g/mol. The third kappa shape index (κ3) is 3.67. The Balaban J connectivity index is 1.51. The predicted octanol–water partition coefficient (Wildman–Crippen LogP) is 2.96. The zero-order valence-electron chi connectivity index (χ0n) is 14.5. The van der Waals surface area contributed by atoms with E-state index < -0.39 is 17.8 Å². The molecule has 0 bridgehead atoms. The molecule has 9 heteroatoms. The first kappa shape index (κ1) is 17.6. The van der Waals surface area contributed by atoms with Crippen LogP contribution in [0.4, 0.5) is 19.1 Å². The van der Waals surface area contributed by atoms with E-state index in [0.29, 0.717) is 55.4 Å². The van der Waals surface area contributed by atoms with Gasteiger partial charge in [0, 0.05) is 19.5 Å². The number of nitrogens with zero attached hydrogens (tertiary/aromatic N) is 5. The maximum Gasteiger partial charge on any atom is 0.234 e. The number of fused-ring (bicyclic) bond motifs is 1. The lowest BCUT2D eigenvalue weighted by Gasteiger charge is -2.28. The lowest BCUT2D eigenvalue weighted by molar-refractivity contribution is 0.275. The van der Waals surface area contributed by atoms with E-state index in [1.54, 1.807) is 16.8 Å². The zero-order valence-corrected chi connectivity index (χ0v) is 14.5. The lowest BCUT2D eigenvalue weighted by Crippen LogP contribution is -2.35. The second-order valence-corrected chi connectivity index (χ2v) is 6.45. The summed E-state index contributed by atoms with van der Waals surface area (Å²) in [5.41, 5.74) is 1.15. The summed E-state index contributed by atoms with van der Waals surface area (Å²) >= 11 is 0. The molecule has 1 fully saturated rings. The van der Waals surface area contributed by atoms with E-state index in [1.165, 1.54) is 6.07 Å². The second kappa shape index (κ2) is 7.42. The van der Waals surface area contributed by atoms with Crippen molar-refractivity contribution in [3.05, 3.63) is 47.8 Å². The second-order valence-electron chi connectivity index (χ2n) is 6.45. The molecule has 0 N–H and O–H groups in total. The molecule has 0 unspecified atom stereocenters. The number of benzene rings is 1. The van der Waals surface area contributed by atoms with Crippen molar-refractivity contribution in [2.75, 3.05) is 24.6 Å². The number of rotatable bonds is 5. The molecule has 0 spiro atoms. The smallest absolute Gasteiger partial charge is 0.234 e. The summed E-state index contributed by atoms with van der Waals surface area (Å²) in [7, 11) is 0. The van der Waals surface area contributed by atoms with Crippen LogP contribution in [0.25, 0.3) is 5.65 Å². The van der Waals surface area contributed by atoms with Gasteiger partial charge in [-0.2, -0.15) is 0 Å². The molecule has 0 amide bonds.